The first-order valence-electron chi connectivity index (χ1n) is 13.0. The Morgan fingerprint density at radius 3 is 1.56 bits per heavy atom. The van der Waals surface area contributed by atoms with E-state index in [1.54, 1.807) is 4.68 Å². The molecule has 1 aromatic heterocycles. The molecule has 13 nitrogen and oxygen atoms in total. The summed E-state index contributed by atoms with van der Waals surface area (Å²) in [6.07, 6.45) is 4.38. The molecule has 2 rings (SSSR count). The lowest BCUT2D eigenvalue weighted by Gasteiger charge is -2.16. The molecule has 1 aromatic rings. The van der Waals surface area contributed by atoms with Crippen molar-refractivity contribution >= 4 is 0 Å². The molecule has 2 heterocycles. The zero-order chi connectivity index (χ0) is 25.4. The van der Waals surface area contributed by atoms with Crippen LogP contribution in [0, 0.1) is 0 Å². The summed E-state index contributed by atoms with van der Waals surface area (Å²) in [7, 11) is 0. The first-order valence-corrected chi connectivity index (χ1v) is 13.0. The summed E-state index contributed by atoms with van der Waals surface area (Å²) >= 11 is 0. The third kappa shape index (κ3) is 17.2. The van der Waals surface area contributed by atoms with E-state index in [-0.39, 0.29) is 0 Å². The van der Waals surface area contributed by atoms with Gasteiger partial charge in [-0.05, 0) is 12.8 Å². The molecule has 1 aliphatic rings. The molecule has 3 N–H and O–H groups in total. The zero-order valence-electron chi connectivity index (χ0n) is 21.7. The first-order chi connectivity index (χ1) is 17.9. The normalized spacial score (nSPS) is 14.2. The van der Waals surface area contributed by atoms with Crippen molar-refractivity contribution in [1.29, 1.82) is 0 Å². The number of rotatable bonds is 26. The number of ether oxygens (including phenoxy) is 7. The van der Waals surface area contributed by atoms with Gasteiger partial charge in [-0.25, -0.2) is 9.69 Å². The summed E-state index contributed by atoms with van der Waals surface area (Å²) in [5, 5.41) is 10.1. The van der Waals surface area contributed by atoms with Crippen LogP contribution in [-0.4, -0.2) is 132 Å². The Kier molecular flexibility index (Phi) is 19.7. The van der Waals surface area contributed by atoms with Crippen molar-refractivity contribution in [3.8, 4) is 0 Å². The summed E-state index contributed by atoms with van der Waals surface area (Å²) in [5.74, 6) is 0. The van der Waals surface area contributed by atoms with Crippen LogP contribution >= 0.6 is 0 Å². The van der Waals surface area contributed by atoms with E-state index >= 15 is 0 Å². The topological polar surface area (TPSA) is 137 Å². The van der Waals surface area contributed by atoms with E-state index in [1.807, 2.05) is 6.20 Å². The number of aromatic nitrogens is 3. The molecule has 13 heteroatoms. The fourth-order valence-electron chi connectivity index (χ4n) is 3.27. The lowest BCUT2D eigenvalue weighted by atomic mass is 10.4. The van der Waals surface area contributed by atoms with Gasteiger partial charge >= 0.3 is 0 Å². The summed E-state index contributed by atoms with van der Waals surface area (Å²) in [6, 6.07) is 0. The SMILES string of the molecule is NCc1cn(CCOCCOCCOCCOCCOCCOCCOCCNN2CCCC2)nn1. The molecule has 0 amide bonds. The van der Waals surface area contributed by atoms with Crippen LogP contribution < -0.4 is 11.2 Å². The average Bonchev–Trinajstić information content (AvgIpc) is 3.59. The van der Waals surface area contributed by atoms with Gasteiger partial charge < -0.3 is 38.9 Å². The summed E-state index contributed by atoms with van der Waals surface area (Å²) in [5.41, 5.74) is 9.63. The van der Waals surface area contributed by atoms with Gasteiger partial charge in [0.25, 0.3) is 0 Å². The minimum atomic E-state index is 0.391. The fourth-order valence-corrected chi connectivity index (χ4v) is 3.27. The number of hydrogen-bond donors (Lipinski definition) is 2. The second kappa shape index (κ2) is 22.9. The monoisotopic (exact) mass is 518 g/mol. The van der Waals surface area contributed by atoms with Crippen LogP contribution in [0.25, 0.3) is 0 Å². The highest BCUT2D eigenvalue weighted by molar-refractivity contribution is 4.90. The molecule has 0 saturated carbocycles. The number of nitrogens with two attached hydrogens (primary N) is 1. The molecule has 1 fully saturated rings. The Balaban J connectivity index is 1.17. The summed E-state index contributed by atoms with van der Waals surface area (Å²) in [4.78, 5) is 0. The molecule has 0 spiro atoms. The highest BCUT2D eigenvalue weighted by Crippen LogP contribution is 2.02. The first kappa shape index (κ1) is 31.0. The van der Waals surface area contributed by atoms with Gasteiger partial charge in [0, 0.05) is 32.4 Å². The predicted octanol–water partition coefficient (Wildman–Crippen LogP) is -0.547. The Labute approximate surface area is 214 Å². The Hall–Kier alpha value is -1.26. The van der Waals surface area contributed by atoms with E-state index in [0.29, 0.717) is 106 Å². The molecule has 0 radical (unpaired) electrons. The standard InChI is InChI=1S/C23H46N6O7/c24-21-23-22-29(27-26-23)6-8-31-10-12-33-14-16-35-18-20-36-19-17-34-15-13-32-11-9-30-7-3-25-28-4-1-2-5-28/h22,25H,1-21,24H2. The quantitative estimate of drug-likeness (QED) is 0.152. The second-order valence-electron chi connectivity index (χ2n) is 8.07. The molecule has 0 aromatic carbocycles. The predicted molar refractivity (Wildman–Crippen MR) is 132 cm³/mol. The third-order valence-electron chi connectivity index (χ3n) is 5.18. The van der Waals surface area contributed by atoms with Gasteiger partial charge in [0.2, 0.25) is 0 Å². The maximum atomic E-state index is 5.54. The second-order valence-corrected chi connectivity index (χ2v) is 8.07. The van der Waals surface area contributed by atoms with Gasteiger partial charge in [-0.15, -0.1) is 5.10 Å². The van der Waals surface area contributed by atoms with Crippen molar-refractivity contribution in [2.45, 2.75) is 25.9 Å². The van der Waals surface area contributed by atoms with E-state index in [2.05, 4.69) is 20.7 Å². The van der Waals surface area contributed by atoms with Gasteiger partial charge in [-0.2, -0.15) is 0 Å². The lowest BCUT2D eigenvalue weighted by Crippen LogP contribution is -2.37. The van der Waals surface area contributed by atoms with Gasteiger partial charge in [-0.1, -0.05) is 5.21 Å². The molecule has 0 bridgehead atoms. The van der Waals surface area contributed by atoms with Gasteiger partial charge in [0.05, 0.1) is 105 Å². The molecule has 210 valence electrons. The van der Waals surface area contributed by atoms with E-state index in [0.717, 1.165) is 25.3 Å². The third-order valence-corrected chi connectivity index (χ3v) is 5.18. The number of hydrazine groups is 1. The number of nitrogens with zero attached hydrogens (tertiary/aromatic N) is 4. The van der Waals surface area contributed by atoms with E-state index in [9.17, 15) is 0 Å². The fraction of sp³-hybridized carbons (Fsp3) is 0.913. The Morgan fingerprint density at radius 1 is 0.667 bits per heavy atom. The van der Waals surface area contributed by atoms with E-state index in [4.69, 9.17) is 38.9 Å². The summed E-state index contributed by atoms with van der Waals surface area (Å²) < 4.78 is 40.1. The molecule has 1 saturated heterocycles. The van der Waals surface area contributed by atoms with E-state index < -0.39 is 0 Å². The number of nitrogens with one attached hydrogen (secondary N) is 1. The van der Waals surface area contributed by atoms with Crippen molar-refractivity contribution in [3.05, 3.63) is 11.9 Å². The lowest BCUT2D eigenvalue weighted by molar-refractivity contribution is -0.0209. The van der Waals surface area contributed by atoms with Gasteiger partial charge in [0.1, 0.15) is 0 Å². The van der Waals surface area contributed by atoms with Crippen molar-refractivity contribution in [1.82, 2.24) is 25.4 Å². The maximum absolute atomic E-state index is 5.54. The maximum Gasteiger partial charge on any atom is 0.0962 e. The van der Waals surface area contributed by atoms with Crippen LogP contribution in [0.1, 0.15) is 18.5 Å². The highest BCUT2D eigenvalue weighted by Gasteiger charge is 2.09. The van der Waals surface area contributed by atoms with Crippen molar-refractivity contribution in [2.75, 3.05) is 112 Å². The molecule has 1 aliphatic heterocycles. The highest BCUT2D eigenvalue weighted by atomic mass is 16.6. The van der Waals surface area contributed by atoms with E-state index in [1.165, 1.54) is 12.8 Å². The molecular weight excluding hydrogens is 472 g/mol. The van der Waals surface area contributed by atoms with Crippen molar-refractivity contribution < 1.29 is 33.2 Å². The average molecular weight is 519 g/mol. The molecule has 0 atom stereocenters. The van der Waals surface area contributed by atoms with Crippen LogP contribution in [-0.2, 0) is 46.2 Å². The Morgan fingerprint density at radius 2 is 1.11 bits per heavy atom. The number of hydrogen-bond acceptors (Lipinski definition) is 12. The van der Waals surface area contributed by atoms with Crippen LogP contribution in [0.5, 0.6) is 0 Å². The molecular formula is C23H46N6O7. The van der Waals surface area contributed by atoms with Crippen molar-refractivity contribution in [2.24, 2.45) is 5.73 Å². The minimum absolute atomic E-state index is 0.391. The zero-order valence-corrected chi connectivity index (χ0v) is 21.7. The molecule has 36 heavy (non-hydrogen) atoms. The van der Waals surface area contributed by atoms with Crippen LogP contribution in [0.2, 0.25) is 0 Å². The van der Waals surface area contributed by atoms with Crippen molar-refractivity contribution in [3.63, 3.8) is 0 Å². The van der Waals surface area contributed by atoms with Crippen LogP contribution in [0.3, 0.4) is 0 Å². The summed E-state index contributed by atoms with van der Waals surface area (Å²) in [6.45, 7) is 11.9. The van der Waals surface area contributed by atoms with Gasteiger partial charge in [-0.3, -0.25) is 5.43 Å². The van der Waals surface area contributed by atoms with Gasteiger partial charge in [0.15, 0.2) is 0 Å². The largest absolute Gasteiger partial charge is 0.378 e. The van der Waals surface area contributed by atoms with Crippen LogP contribution in [0.4, 0.5) is 0 Å². The Bertz CT molecular complexity index is 607. The molecule has 0 aliphatic carbocycles. The smallest absolute Gasteiger partial charge is 0.0962 e. The van der Waals surface area contributed by atoms with Crippen LogP contribution in [0.15, 0.2) is 6.20 Å². The molecule has 0 unspecified atom stereocenters. The minimum Gasteiger partial charge on any atom is -0.378 e.